The Balaban J connectivity index is 2.14. The first-order chi connectivity index (χ1) is 14.2. The van der Waals surface area contributed by atoms with Gasteiger partial charge in [-0.05, 0) is 50.3 Å². The van der Waals surface area contributed by atoms with E-state index in [1.807, 2.05) is 26.0 Å². The molecule has 0 radical (unpaired) electrons. The molecule has 0 fully saturated rings. The van der Waals surface area contributed by atoms with Crippen LogP contribution in [0.5, 0.6) is 0 Å². The molecule has 30 heavy (non-hydrogen) atoms. The van der Waals surface area contributed by atoms with E-state index in [0.29, 0.717) is 17.9 Å². The summed E-state index contributed by atoms with van der Waals surface area (Å²) in [5, 5.41) is 2.84. The number of hydrogen-bond acceptors (Lipinski definition) is 2. The maximum Gasteiger partial charge on any atom is 0.242 e. The van der Waals surface area contributed by atoms with Gasteiger partial charge in [-0.2, -0.15) is 0 Å². The van der Waals surface area contributed by atoms with Crippen LogP contribution in [0.1, 0.15) is 63.6 Å². The van der Waals surface area contributed by atoms with Crippen LogP contribution in [0.15, 0.2) is 48.5 Å². The third kappa shape index (κ3) is 6.68. The van der Waals surface area contributed by atoms with Crippen molar-refractivity contribution in [2.24, 2.45) is 0 Å². The number of carbonyl (C=O) groups excluding carboxylic acids is 2. The standard InChI is InChI=1S/C25H33FN2O2/c1-17(2)21-13-10-20(11-14-21)12-15-24(29)28(19(5)25(30)27-18(3)4)16-22-8-6-7-9-23(22)26/h6-11,13-14,17-19H,12,15-16H2,1-5H3,(H,27,30)/t19-/m1/s1. The van der Waals surface area contributed by atoms with E-state index in [0.717, 1.165) is 5.56 Å². The molecule has 0 saturated carbocycles. The maximum atomic E-state index is 14.2. The minimum absolute atomic E-state index is 0.0372. The molecule has 1 atom stereocenters. The summed E-state index contributed by atoms with van der Waals surface area (Å²) in [5.74, 6) is -0.332. The van der Waals surface area contributed by atoms with Crippen LogP contribution in [0.25, 0.3) is 0 Å². The van der Waals surface area contributed by atoms with Gasteiger partial charge in [0.25, 0.3) is 0 Å². The summed E-state index contributed by atoms with van der Waals surface area (Å²) in [7, 11) is 0. The number of carbonyl (C=O) groups is 2. The highest BCUT2D eigenvalue weighted by atomic mass is 19.1. The summed E-state index contributed by atoms with van der Waals surface area (Å²) in [6.07, 6.45) is 0.832. The fraction of sp³-hybridized carbons (Fsp3) is 0.440. The SMILES string of the molecule is CC(C)NC(=O)[C@@H](C)N(Cc1ccccc1F)C(=O)CCc1ccc(C(C)C)cc1. The number of benzene rings is 2. The smallest absolute Gasteiger partial charge is 0.242 e. The van der Waals surface area contributed by atoms with Gasteiger partial charge in [-0.3, -0.25) is 9.59 Å². The third-order valence-corrected chi connectivity index (χ3v) is 5.17. The predicted molar refractivity (Wildman–Crippen MR) is 119 cm³/mol. The molecule has 0 aliphatic heterocycles. The first-order valence-corrected chi connectivity index (χ1v) is 10.6. The normalized spacial score (nSPS) is 12.1. The molecule has 0 unspecified atom stereocenters. The van der Waals surface area contributed by atoms with E-state index < -0.39 is 6.04 Å². The zero-order valence-electron chi connectivity index (χ0n) is 18.6. The highest BCUT2D eigenvalue weighted by molar-refractivity contribution is 5.87. The zero-order valence-corrected chi connectivity index (χ0v) is 18.6. The van der Waals surface area contributed by atoms with Gasteiger partial charge in [0.2, 0.25) is 11.8 Å². The summed E-state index contributed by atoms with van der Waals surface area (Å²) in [4.78, 5) is 27.1. The zero-order chi connectivity index (χ0) is 22.3. The summed E-state index contributed by atoms with van der Waals surface area (Å²) in [5.41, 5.74) is 2.72. The van der Waals surface area contributed by atoms with Crippen molar-refractivity contribution in [3.63, 3.8) is 0 Å². The molecule has 2 amide bonds. The quantitative estimate of drug-likeness (QED) is 0.642. The molecule has 0 bridgehead atoms. The van der Waals surface area contributed by atoms with Crippen molar-refractivity contribution < 1.29 is 14.0 Å². The molecular formula is C25H33FN2O2. The van der Waals surface area contributed by atoms with Gasteiger partial charge in [-0.1, -0.05) is 56.3 Å². The lowest BCUT2D eigenvalue weighted by Crippen LogP contribution is -2.49. The number of hydrogen-bond donors (Lipinski definition) is 1. The lowest BCUT2D eigenvalue weighted by atomic mass is 10.00. The predicted octanol–water partition coefficient (Wildman–Crippen LogP) is 4.82. The van der Waals surface area contributed by atoms with E-state index >= 15 is 0 Å². The van der Waals surface area contributed by atoms with Crippen molar-refractivity contribution in [2.75, 3.05) is 0 Å². The monoisotopic (exact) mass is 412 g/mol. The lowest BCUT2D eigenvalue weighted by Gasteiger charge is -2.29. The van der Waals surface area contributed by atoms with Gasteiger partial charge < -0.3 is 10.2 Å². The van der Waals surface area contributed by atoms with Crippen molar-refractivity contribution in [3.05, 3.63) is 71.0 Å². The Kier molecular flexibility index (Phi) is 8.58. The van der Waals surface area contributed by atoms with Crippen LogP contribution in [-0.2, 0) is 22.6 Å². The lowest BCUT2D eigenvalue weighted by molar-refractivity contribution is -0.140. The van der Waals surface area contributed by atoms with Gasteiger partial charge in [-0.25, -0.2) is 4.39 Å². The van der Waals surface area contributed by atoms with E-state index in [-0.39, 0.29) is 36.6 Å². The van der Waals surface area contributed by atoms with Crippen LogP contribution in [0.3, 0.4) is 0 Å². The number of nitrogens with zero attached hydrogens (tertiary/aromatic N) is 1. The second kappa shape index (κ2) is 10.9. The van der Waals surface area contributed by atoms with E-state index in [4.69, 9.17) is 0 Å². The average Bonchev–Trinajstić information content (AvgIpc) is 2.70. The first-order valence-electron chi connectivity index (χ1n) is 10.6. The topological polar surface area (TPSA) is 49.4 Å². The number of aryl methyl sites for hydroxylation is 1. The van der Waals surface area contributed by atoms with E-state index in [1.54, 1.807) is 25.1 Å². The Morgan fingerprint density at radius 2 is 1.60 bits per heavy atom. The van der Waals surface area contributed by atoms with Crippen LogP contribution in [-0.4, -0.2) is 28.8 Å². The van der Waals surface area contributed by atoms with E-state index in [9.17, 15) is 14.0 Å². The fourth-order valence-electron chi connectivity index (χ4n) is 3.26. The maximum absolute atomic E-state index is 14.2. The van der Waals surface area contributed by atoms with Gasteiger partial charge in [0.05, 0.1) is 0 Å². The summed E-state index contributed by atoms with van der Waals surface area (Å²) in [6, 6.07) is 13.9. The molecule has 0 aliphatic rings. The molecule has 0 heterocycles. The summed E-state index contributed by atoms with van der Waals surface area (Å²) >= 11 is 0. The number of rotatable bonds is 9. The molecule has 1 N–H and O–H groups in total. The van der Waals surface area contributed by atoms with Crippen molar-refractivity contribution in [1.82, 2.24) is 10.2 Å². The molecule has 162 valence electrons. The number of halogens is 1. The molecule has 2 aromatic carbocycles. The highest BCUT2D eigenvalue weighted by Gasteiger charge is 2.27. The Bertz CT molecular complexity index is 846. The molecule has 0 aliphatic carbocycles. The molecule has 0 saturated heterocycles. The van der Waals surface area contributed by atoms with Crippen LogP contribution in [0, 0.1) is 5.82 Å². The molecule has 2 aromatic rings. The summed E-state index contributed by atoms with van der Waals surface area (Å²) < 4.78 is 14.2. The van der Waals surface area contributed by atoms with Gasteiger partial charge in [-0.15, -0.1) is 0 Å². The van der Waals surface area contributed by atoms with Crippen LogP contribution < -0.4 is 5.32 Å². The summed E-state index contributed by atoms with van der Waals surface area (Å²) in [6.45, 7) is 9.77. The van der Waals surface area contributed by atoms with Gasteiger partial charge in [0, 0.05) is 24.6 Å². The minimum atomic E-state index is -0.692. The number of nitrogens with one attached hydrogen (secondary N) is 1. The molecule has 0 aromatic heterocycles. The first kappa shape index (κ1) is 23.6. The fourth-order valence-corrected chi connectivity index (χ4v) is 3.26. The van der Waals surface area contributed by atoms with Crippen molar-refractivity contribution in [2.45, 2.75) is 72.0 Å². The van der Waals surface area contributed by atoms with Gasteiger partial charge >= 0.3 is 0 Å². The average molecular weight is 413 g/mol. The van der Waals surface area contributed by atoms with Crippen LogP contribution in [0.2, 0.25) is 0 Å². The third-order valence-electron chi connectivity index (χ3n) is 5.17. The number of amides is 2. The largest absolute Gasteiger partial charge is 0.352 e. The Morgan fingerprint density at radius 1 is 0.967 bits per heavy atom. The highest BCUT2D eigenvalue weighted by Crippen LogP contribution is 2.18. The molecule has 2 rings (SSSR count). The minimum Gasteiger partial charge on any atom is -0.352 e. The molecule has 0 spiro atoms. The second-order valence-electron chi connectivity index (χ2n) is 8.35. The molecule has 5 heteroatoms. The van der Waals surface area contributed by atoms with Gasteiger partial charge in [0.1, 0.15) is 11.9 Å². The second-order valence-corrected chi connectivity index (χ2v) is 8.35. The Labute approximate surface area is 179 Å². The van der Waals surface area contributed by atoms with E-state index in [1.165, 1.54) is 16.5 Å². The van der Waals surface area contributed by atoms with Crippen molar-refractivity contribution in [3.8, 4) is 0 Å². The van der Waals surface area contributed by atoms with E-state index in [2.05, 4.69) is 31.3 Å². The van der Waals surface area contributed by atoms with Gasteiger partial charge in [0.15, 0.2) is 0 Å². The van der Waals surface area contributed by atoms with Crippen LogP contribution >= 0.6 is 0 Å². The van der Waals surface area contributed by atoms with Crippen molar-refractivity contribution >= 4 is 11.8 Å². The van der Waals surface area contributed by atoms with Crippen molar-refractivity contribution in [1.29, 1.82) is 0 Å². The molecule has 4 nitrogen and oxygen atoms in total. The Hall–Kier alpha value is -2.69. The molecular weight excluding hydrogens is 379 g/mol. The van der Waals surface area contributed by atoms with Crippen LogP contribution in [0.4, 0.5) is 4.39 Å². The Morgan fingerprint density at radius 3 is 2.17 bits per heavy atom.